The highest BCUT2D eigenvalue weighted by Gasteiger charge is 2.45. The van der Waals surface area contributed by atoms with E-state index in [0.29, 0.717) is 25.3 Å². The number of aromatic nitrogens is 2. The average molecular weight is 412 g/mol. The minimum absolute atomic E-state index is 0.280. The van der Waals surface area contributed by atoms with Crippen LogP contribution in [0.4, 0.5) is 4.79 Å². The fourth-order valence-corrected chi connectivity index (χ4v) is 4.70. The first-order chi connectivity index (χ1) is 14.2. The Morgan fingerprint density at radius 1 is 1.10 bits per heavy atom. The number of amides is 1. The fourth-order valence-electron chi connectivity index (χ4n) is 4.70. The Morgan fingerprint density at radius 2 is 1.80 bits per heavy atom. The predicted molar refractivity (Wildman–Crippen MR) is 112 cm³/mol. The summed E-state index contributed by atoms with van der Waals surface area (Å²) in [5.74, 6) is 0.512. The lowest BCUT2D eigenvalue weighted by molar-refractivity contribution is 0.0176. The number of aryl methyl sites for hydroxylation is 1. The van der Waals surface area contributed by atoms with Crippen molar-refractivity contribution in [1.82, 2.24) is 14.5 Å². The summed E-state index contributed by atoms with van der Waals surface area (Å²) >= 11 is 0. The average Bonchev–Trinajstić information content (AvgIpc) is 3.10. The van der Waals surface area contributed by atoms with Gasteiger partial charge in [-0.05, 0) is 51.2 Å². The van der Waals surface area contributed by atoms with Crippen LogP contribution in [0.1, 0.15) is 61.1 Å². The van der Waals surface area contributed by atoms with Crippen molar-refractivity contribution in [3.63, 3.8) is 0 Å². The molecular formula is C23H29N3O4. The first-order valence-electron chi connectivity index (χ1n) is 10.5. The third-order valence-electron chi connectivity index (χ3n) is 6.08. The highest BCUT2D eigenvalue weighted by Crippen LogP contribution is 2.44. The summed E-state index contributed by atoms with van der Waals surface area (Å²) in [6, 6.07) is 8.43. The molecule has 0 saturated carbocycles. The zero-order chi connectivity index (χ0) is 21.5. The molecule has 4 rings (SSSR count). The van der Waals surface area contributed by atoms with Crippen LogP contribution in [0.15, 0.2) is 30.5 Å². The summed E-state index contributed by atoms with van der Waals surface area (Å²) in [5, 5.41) is 0. The summed E-state index contributed by atoms with van der Waals surface area (Å²) < 4.78 is 12.6. The van der Waals surface area contributed by atoms with Gasteiger partial charge in [-0.15, -0.1) is 0 Å². The number of benzene rings is 1. The molecule has 1 saturated heterocycles. The molecule has 2 aliphatic rings. The number of nitrogens with zero attached hydrogens (tertiary/aromatic N) is 3. The normalized spacial score (nSPS) is 17.7. The topological polar surface area (TPSA) is 73.7 Å². The highest BCUT2D eigenvalue weighted by molar-refractivity contribution is 5.87. The van der Waals surface area contributed by atoms with E-state index in [1.807, 2.05) is 25.3 Å². The molecular weight excluding hydrogens is 382 g/mol. The van der Waals surface area contributed by atoms with Crippen molar-refractivity contribution in [3.8, 4) is 0 Å². The van der Waals surface area contributed by atoms with Gasteiger partial charge in [0.05, 0.1) is 18.7 Å². The van der Waals surface area contributed by atoms with Gasteiger partial charge in [-0.2, -0.15) is 0 Å². The van der Waals surface area contributed by atoms with Crippen molar-refractivity contribution < 1.29 is 19.1 Å². The second kappa shape index (κ2) is 7.45. The van der Waals surface area contributed by atoms with E-state index in [1.54, 1.807) is 11.1 Å². The van der Waals surface area contributed by atoms with E-state index in [2.05, 4.69) is 24.3 Å². The Kier molecular flexibility index (Phi) is 5.08. The number of piperidine rings is 1. The monoisotopic (exact) mass is 411 g/mol. The molecule has 7 nitrogen and oxygen atoms in total. The number of hydrogen-bond acceptors (Lipinski definition) is 5. The molecule has 0 atom stereocenters. The second-order valence-electron chi connectivity index (χ2n) is 9.07. The highest BCUT2D eigenvalue weighted by atomic mass is 16.6. The van der Waals surface area contributed by atoms with Crippen molar-refractivity contribution in [3.05, 3.63) is 53.1 Å². The van der Waals surface area contributed by atoms with Crippen LogP contribution in [-0.2, 0) is 27.9 Å². The third-order valence-corrected chi connectivity index (χ3v) is 6.08. The van der Waals surface area contributed by atoms with Gasteiger partial charge in [0.15, 0.2) is 0 Å². The van der Waals surface area contributed by atoms with E-state index >= 15 is 0 Å². The van der Waals surface area contributed by atoms with E-state index in [9.17, 15) is 9.59 Å². The summed E-state index contributed by atoms with van der Waals surface area (Å²) in [4.78, 5) is 31.4. The summed E-state index contributed by atoms with van der Waals surface area (Å²) in [7, 11) is 1.39. The quantitative estimate of drug-likeness (QED) is 0.671. The molecule has 0 aliphatic carbocycles. The van der Waals surface area contributed by atoms with Crippen LogP contribution in [0.3, 0.4) is 0 Å². The van der Waals surface area contributed by atoms with Gasteiger partial charge in [-0.3, -0.25) is 0 Å². The van der Waals surface area contributed by atoms with Crippen LogP contribution in [0.2, 0.25) is 0 Å². The molecule has 30 heavy (non-hydrogen) atoms. The van der Waals surface area contributed by atoms with Crippen LogP contribution in [-0.4, -0.2) is 52.3 Å². The maximum atomic E-state index is 12.6. The molecule has 0 unspecified atom stereocenters. The Morgan fingerprint density at radius 3 is 2.47 bits per heavy atom. The van der Waals surface area contributed by atoms with Gasteiger partial charge in [-0.1, -0.05) is 24.3 Å². The molecule has 1 aromatic carbocycles. The van der Waals surface area contributed by atoms with Crippen LogP contribution in [0, 0.1) is 0 Å². The summed E-state index contributed by atoms with van der Waals surface area (Å²) in [6.45, 7) is 7.46. The lowest BCUT2D eigenvalue weighted by Crippen LogP contribution is -2.48. The molecule has 0 N–H and O–H groups in total. The van der Waals surface area contributed by atoms with Gasteiger partial charge in [0.2, 0.25) is 0 Å². The Hall–Kier alpha value is -2.83. The molecule has 2 aromatic rings. The molecule has 1 fully saturated rings. The maximum Gasteiger partial charge on any atom is 0.410 e. The van der Waals surface area contributed by atoms with Gasteiger partial charge in [0.25, 0.3) is 0 Å². The van der Waals surface area contributed by atoms with E-state index in [-0.39, 0.29) is 17.5 Å². The van der Waals surface area contributed by atoms with Crippen molar-refractivity contribution in [2.24, 2.45) is 0 Å². The zero-order valence-electron chi connectivity index (χ0n) is 18.1. The number of methoxy groups -OCH3 is 1. The van der Waals surface area contributed by atoms with Crippen LogP contribution in [0.5, 0.6) is 0 Å². The van der Waals surface area contributed by atoms with Gasteiger partial charge >= 0.3 is 12.1 Å². The number of carbonyl (C=O) groups excluding carboxylic acids is 2. The smallest absolute Gasteiger partial charge is 0.410 e. The van der Waals surface area contributed by atoms with E-state index < -0.39 is 5.60 Å². The molecule has 1 amide bonds. The molecule has 3 heterocycles. The molecule has 160 valence electrons. The van der Waals surface area contributed by atoms with E-state index in [1.165, 1.54) is 18.2 Å². The minimum Gasteiger partial charge on any atom is -0.464 e. The number of imidazole rings is 1. The Labute approximate surface area is 177 Å². The van der Waals surface area contributed by atoms with Gasteiger partial charge in [0, 0.05) is 19.6 Å². The Bertz CT molecular complexity index is 965. The molecule has 7 heteroatoms. The van der Waals surface area contributed by atoms with Crippen molar-refractivity contribution in [2.75, 3.05) is 20.2 Å². The molecule has 1 aromatic heterocycles. The summed E-state index contributed by atoms with van der Waals surface area (Å²) in [5.41, 5.74) is 2.12. The minimum atomic E-state index is -0.521. The number of fused-ring (bicyclic) bond motifs is 4. The predicted octanol–water partition coefficient (Wildman–Crippen LogP) is 3.54. The largest absolute Gasteiger partial charge is 0.464 e. The lowest BCUT2D eigenvalue weighted by atomic mass is 9.70. The summed E-state index contributed by atoms with van der Waals surface area (Å²) in [6.07, 6.45) is 3.61. The number of carbonyl (C=O) groups is 2. The van der Waals surface area contributed by atoms with Gasteiger partial charge in [0.1, 0.15) is 17.1 Å². The zero-order valence-corrected chi connectivity index (χ0v) is 18.1. The maximum absolute atomic E-state index is 12.6. The number of hydrogen-bond donors (Lipinski definition) is 0. The van der Waals surface area contributed by atoms with Gasteiger partial charge < -0.3 is 18.9 Å². The number of rotatable bonds is 1. The van der Waals surface area contributed by atoms with Crippen LogP contribution >= 0.6 is 0 Å². The fraction of sp³-hybridized carbons (Fsp3) is 0.522. The van der Waals surface area contributed by atoms with Crippen LogP contribution in [0.25, 0.3) is 0 Å². The third kappa shape index (κ3) is 3.46. The molecule has 1 spiro atoms. The van der Waals surface area contributed by atoms with Crippen molar-refractivity contribution >= 4 is 12.1 Å². The number of likely N-dealkylation sites (tertiary alicyclic amines) is 1. The first-order valence-corrected chi connectivity index (χ1v) is 10.5. The first kappa shape index (κ1) is 20.4. The lowest BCUT2D eigenvalue weighted by Gasteiger charge is -2.42. The van der Waals surface area contributed by atoms with E-state index in [4.69, 9.17) is 14.5 Å². The van der Waals surface area contributed by atoms with Crippen molar-refractivity contribution in [2.45, 2.75) is 57.6 Å². The van der Waals surface area contributed by atoms with E-state index in [0.717, 1.165) is 25.1 Å². The SMILES string of the molecule is COC(=O)c1cnc2n1CCc1ccccc1C21CCN(C(=O)OC(C)(C)C)CC1. The molecule has 2 aliphatic heterocycles. The van der Waals surface area contributed by atoms with Crippen molar-refractivity contribution in [1.29, 1.82) is 0 Å². The second-order valence-corrected chi connectivity index (χ2v) is 9.07. The number of ether oxygens (including phenoxy) is 2. The molecule has 0 bridgehead atoms. The Balaban J connectivity index is 1.72. The van der Waals surface area contributed by atoms with Gasteiger partial charge in [-0.25, -0.2) is 14.6 Å². The standard InChI is InChI=1S/C23H29N3O4/c1-22(2,3)30-21(28)25-13-10-23(11-14-25)17-8-6-5-7-16(17)9-12-26-18(19(27)29-4)15-24-20(23)26/h5-8,15H,9-14H2,1-4H3. The molecule has 0 radical (unpaired) electrons. The number of esters is 1. The van der Waals surface area contributed by atoms with Crippen LogP contribution < -0.4 is 0 Å².